The molecule has 2 heteroatoms. The highest BCUT2D eigenvalue weighted by Gasteiger charge is 2.20. The Morgan fingerprint density at radius 3 is 2.91 bits per heavy atom. The zero-order valence-electron chi connectivity index (χ0n) is 12.6. The fraction of sp³-hybridized carbons (Fsp3) is 0.250. The van der Waals surface area contributed by atoms with Crippen LogP contribution >= 0.6 is 0 Å². The van der Waals surface area contributed by atoms with Crippen LogP contribution in [0.5, 0.6) is 0 Å². The number of aromatic nitrogens is 1. The molecule has 110 valence electrons. The summed E-state index contributed by atoms with van der Waals surface area (Å²) in [6.45, 7) is 0.891. The highest BCUT2D eigenvalue weighted by Crippen LogP contribution is 2.28. The van der Waals surface area contributed by atoms with Crippen molar-refractivity contribution in [1.29, 1.82) is 0 Å². The van der Waals surface area contributed by atoms with Crippen LogP contribution in [0.2, 0.25) is 0 Å². The molecule has 4 rings (SSSR count). The molecule has 1 aliphatic carbocycles. The Balaban J connectivity index is 1.58. The third-order valence-electron chi connectivity index (χ3n) is 4.61. The van der Waals surface area contributed by atoms with Gasteiger partial charge in [0.15, 0.2) is 0 Å². The lowest BCUT2D eigenvalue weighted by molar-refractivity contribution is 0.448. The van der Waals surface area contributed by atoms with Gasteiger partial charge in [-0.05, 0) is 47.2 Å². The number of nitrogens with zero attached hydrogens (tertiary/aromatic N) is 1. The van der Waals surface area contributed by atoms with Crippen molar-refractivity contribution in [3.05, 3.63) is 77.6 Å². The molecule has 1 unspecified atom stereocenters. The second-order valence-electron chi connectivity index (χ2n) is 6.01. The summed E-state index contributed by atoms with van der Waals surface area (Å²) in [4.78, 5) is 4.61. The standard InChI is InChI=1S/C20H20N2/c1-2-11-18-15(6-1)7-3-9-17(18)14-22-19-12-4-8-16-10-5-13-21-20(16)19/h1-3,5-7,9-11,13,19,22H,4,8,12,14H2. The fourth-order valence-electron chi connectivity index (χ4n) is 3.49. The molecule has 0 radical (unpaired) electrons. The molecule has 1 heterocycles. The lowest BCUT2D eigenvalue weighted by atomic mass is 9.91. The first-order chi connectivity index (χ1) is 10.9. The van der Waals surface area contributed by atoms with Crippen LogP contribution in [0.1, 0.15) is 35.7 Å². The van der Waals surface area contributed by atoms with Crippen molar-refractivity contribution in [3.8, 4) is 0 Å². The maximum absolute atomic E-state index is 4.61. The molecule has 0 bridgehead atoms. The Morgan fingerprint density at radius 1 is 1.00 bits per heavy atom. The van der Waals surface area contributed by atoms with Gasteiger partial charge in [-0.15, -0.1) is 0 Å². The van der Waals surface area contributed by atoms with Crippen LogP contribution in [-0.2, 0) is 13.0 Å². The van der Waals surface area contributed by atoms with E-state index < -0.39 is 0 Å². The van der Waals surface area contributed by atoms with Gasteiger partial charge >= 0.3 is 0 Å². The number of rotatable bonds is 3. The van der Waals surface area contributed by atoms with Crippen LogP contribution in [0.3, 0.4) is 0 Å². The van der Waals surface area contributed by atoms with Crippen molar-refractivity contribution in [1.82, 2.24) is 10.3 Å². The van der Waals surface area contributed by atoms with Crippen molar-refractivity contribution in [2.75, 3.05) is 0 Å². The highest BCUT2D eigenvalue weighted by atomic mass is 14.9. The van der Waals surface area contributed by atoms with Crippen LogP contribution in [-0.4, -0.2) is 4.98 Å². The first-order valence-corrected chi connectivity index (χ1v) is 8.05. The first-order valence-electron chi connectivity index (χ1n) is 8.05. The maximum Gasteiger partial charge on any atom is 0.0605 e. The van der Waals surface area contributed by atoms with Crippen molar-refractivity contribution < 1.29 is 0 Å². The minimum Gasteiger partial charge on any atom is -0.304 e. The summed E-state index contributed by atoms with van der Waals surface area (Å²) >= 11 is 0. The quantitative estimate of drug-likeness (QED) is 0.772. The van der Waals surface area contributed by atoms with Gasteiger partial charge in [-0.2, -0.15) is 0 Å². The molecule has 0 amide bonds. The molecule has 3 aromatic rings. The van der Waals surface area contributed by atoms with Gasteiger partial charge in [0.05, 0.1) is 11.7 Å². The van der Waals surface area contributed by atoms with Crippen LogP contribution < -0.4 is 5.32 Å². The predicted octanol–water partition coefficient (Wildman–Crippen LogP) is 4.40. The Kier molecular flexibility index (Phi) is 3.61. The number of benzene rings is 2. The zero-order valence-corrected chi connectivity index (χ0v) is 12.6. The average Bonchev–Trinajstić information content (AvgIpc) is 2.60. The molecule has 1 aromatic heterocycles. The lowest BCUT2D eigenvalue weighted by Gasteiger charge is -2.25. The number of pyridine rings is 1. The molecule has 1 aliphatic rings. The highest BCUT2D eigenvalue weighted by molar-refractivity contribution is 5.85. The molecule has 0 aliphatic heterocycles. The van der Waals surface area contributed by atoms with Gasteiger partial charge in [0.2, 0.25) is 0 Å². The van der Waals surface area contributed by atoms with E-state index in [1.165, 1.54) is 40.4 Å². The number of fused-ring (bicyclic) bond motifs is 2. The second kappa shape index (κ2) is 5.90. The summed E-state index contributed by atoms with van der Waals surface area (Å²) in [6, 6.07) is 19.8. The third kappa shape index (κ3) is 2.51. The van der Waals surface area contributed by atoms with Crippen molar-refractivity contribution in [2.45, 2.75) is 31.8 Å². The van der Waals surface area contributed by atoms with Crippen LogP contribution in [0.25, 0.3) is 10.8 Å². The monoisotopic (exact) mass is 288 g/mol. The van der Waals surface area contributed by atoms with Crippen molar-refractivity contribution in [2.24, 2.45) is 0 Å². The summed E-state index contributed by atoms with van der Waals surface area (Å²) in [7, 11) is 0. The molecule has 1 N–H and O–H groups in total. The Hall–Kier alpha value is -2.19. The zero-order chi connectivity index (χ0) is 14.8. The van der Waals surface area contributed by atoms with E-state index in [4.69, 9.17) is 0 Å². The average molecular weight is 288 g/mol. The van der Waals surface area contributed by atoms with E-state index in [2.05, 4.69) is 58.8 Å². The number of aryl methyl sites for hydroxylation is 1. The summed E-state index contributed by atoms with van der Waals surface area (Å²) in [5.41, 5.74) is 4.01. The smallest absolute Gasteiger partial charge is 0.0605 e. The minimum absolute atomic E-state index is 0.379. The molecule has 2 aromatic carbocycles. The van der Waals surface area contributed by atoms with E-state index in [9.17, 15) is 0 Å². The van der Waals surface area contributed by atoms with E-state index >= 15 is 0 Å². The fourth-order valence-corrected chi connectivity index (χ4v) is 3.49. The topological polar surface area (TPSA) is 24.9 Å². The SMILES string of the molecule is c1cnc2c(c1)CCCC2NCc1cccc2ccccc12. The third-order valence-corrected chi connectivity index (χ3v) is 4.61. The summed E-state index contributed by atoms with van der Waals surface area (Å²) in [5.74, 6) is 0. The molecule has 0 spiro atoms. The number of hydrogen-bond donors (Lipinski definition) is 1. The van der Waals surface area contributed by atoms with Gasteiger partial charge in [0.1, 0.15) is 0 Å². The predicted molar refractivity (Wildman–Crippen MR) is 90.7 cm³/mol. The van der Waals surface area contributed by atoms with Gasteiger partial charge < -0.3 is 5.32 Å². The van der Waals surface area contributed by atoms with Gasteiger partial charge in [-0.3, -0.25) is 4.98 Å². The molecular formula is C20H20N2. The van der Waals surface area contributed by atoms with E-state index in [1.807, 2.05) is 12.3 Å². The molecule has 0 saturated carbocycles. The van der Waals surface area contributed by atoms with Gasteiger partial charge in [0, 0.05) is 12.7 Å². The molecule has 0 fully saturated rings. The van der Waals surface area contributed by atoms with Gasteiger partial charge in [0.25, 0.3) is 0 Å². The molecule has 22 heavy (non-hydrogen) atoms. The van der Waals surface area contributed by atoms with E-state index in [0.717, 1.165) is 13.0 Å². The Morgan fingerprint density at radius 2 is 1.91 bits per heavy atom. The van der Waals surface area contributed by atoms with Gasteiger partial charge in [-0.25, -0.2) is 0 Å². The van der Waals surface area contributed by atoms with E-state index in [0.29, 0.717) is 6.04 Å². The summed E-state index contributed by atoms with van der Waals surface area (Å²) < 4.78 is 0. The molecular weight excluding hydrogens is 268 g/mol. The van der Waals surface area contributed by atoms with Crippen LogP contribution in [0, 0.1) is 0 Å². The van der Waals surface area contributed by atoms with E-state index in [1.54, 1.807) is 0 Å². The molecule has 2 nitrogen and oxygen atoms in total. The summed E-state index contributed by atoms with van der Waals surface area (Å²) in [6.07, 6.45) is 5.49. The molecule has 0 saturated heterocycles. The van der Waals surface area contributed by atoms with Crippen molar-refractivity contribution >= 4 is 10.8 Å². The number of nitrogens with one attached hydrogen (secondary N) is 1. The first kappa shape index (κ1) is 13.5. The van der Waals surface area contributed by atoms with Crippen molar-refractivity contribution in [3.63, 3.8) is 0 Å². The minimum atomic E-state index is 0.379. The van der Waals surface area contributed by atoms with Crippen LogP contribution in [0.15, 0.2) is 60.8 Å². The maximum atomic E-state index is 4.61. The second-order valence-corrected chi connectivity index (χ2v) is 6.01. The lowest BCUT2D eigenvalue weighted by Crippen LogP contribution is -2.26. The van der Waals surface area contributed by atoms with Gasteiger partial charge in [-0.1, -0.05) is 48.5 Å². The largest absolute Gasteiger partial charge is 0.304 e. The van der Waals surface area contributed by atoms with Crippen LogP contribution in [0.4, 0.5) is 0 Å². The summed E-state index contributed by atoms with van der Waals surface area (Å²) in [5, 5.41) is 6.38. The Labute approximate surface area is 131 Å². The normalized spacial score (nSPS) is 17.4. The Bertz CT molecular complexity index is 789. The number of hydrogen-bond acceptors (Lipinski definition) is 2. The van der Waals surface area contributed by atoms with E-state index in [-0.39, 0.29) is 0 Å². The molecule has 1 atom stereocenters.